The van der Waals surface area contributed by atoms with E-state index in [0.29, 0.717) is 13.1 Å². The van der Waals surface area contributed by atoms with Crippen molar-refractivity contribution in [3.8, 4) is 0 Å². The molecule has 0 aliphatic carbocycles. The number of nitrogens with zero attached hydrogens (tertiary/aromatic N) is 2. The summed E-state index contributed by atoms with van der Waals surface area (Å²) in [6.45, 7) is 8.14. The van der Waals surface area contributed by atoms with E-state index in [1.54, 1.807) is 16.7 Å². The van der Waals surface area contributed by atoms with E-state index >= 15 is 0 Å². The maximum absolute atomic E-state index is 12.5. The number of rotatable bonds is 7. The summed E-state index contributed by atoms with van der Waals surface area (Å²) in [6, 6.07) is 7.92. The van der Waals surface area contributed by atoms with Gasteiger partial charge in [0.25, 0.3) is 0 Å². The zero-order chi connectivity index (χ0) is 20.1. The van der Waals surface area contributed by atoms with Gasteiger partial charge in [0.2, 0.25) is 11.8 Å². The van der Waals surface area contributed by atoms with E-state index in [1.165, 1.54) is 0 Å². The van der Waals surface area contributed by atoms with Crippen LogP contribution in [0.4, 0.5) is 5.69 Å². The van der Waals surface area contributed by atoms with E-state index in [0.717, 1.165) is 36.6 Å². The van der Waals surface area contributed by atoms with Crippen molar-refractivity contribution in [3.63, 3.8) is 0 Å². The molecule has 0 saturated carbocycles. The van der Waals surface area contributed by atoms with Crippen LogP contribution in [0.3, 0.4) is 0 Å². The number of thioether (sulfide) groups is 1. The van der Waals surface area contributed by atoms with Crippen molar-refractivity contribution >= 4 is 29.3 Å². The van der Waals surface area contributed by atoms with E-state index in [1.807, 2.05) is 30.5 Å². The van der Waals surface area contributed by atoms with Crippen LogP contribution in [0.1, 0.15) is 26.7 Å². The first-order chi connectivity index (χ1) is 13.5. The second kappa shape index (κ2) is 9.76. The lowest BCUT2D eigenvalue weighted by Gasteiger charge is -2.35. The third kappa shape index (κ3) is 5.49. The first kappa shape index (κ1) is 21.1. The number of morpholine rings is 1. The lowest BCUT2D eigenvalue weighted by molar-refractivity contribution is -0.126. The summed E-state index contributed by atoms with van der Waals surface area (Å²) in [7, 11) is 0. The van der Waals surface area contributed by atoms with Crippen molar-refractivity contribution in [2.24, 2.45) is 5.92 Å². The monoisotopic (exact) mass is 405 g/mol. The quantitative estimate of drug-likeness (QED) is 0.557. The van der Waals surface area contributed by atoms with Gasteiger partial charge in [0, 0.05) is 49.7 Å². The van der Waals surface area contributed by atoms with Crippen molar-refractivity contribution in [2.75, 3.05) is 43.9 Å². The number of hydrogen-bond acceptors (Lipinski definition) is 5. The molecule has 28 heavy (non-hydrogen) atoms. The highest BCUT2D eigenvalue weighted by molar-refractivity contribution is 7.98. The molecular formula is C21H31N3O3S. The van der Waals surface area contributed by atoms with Gasteiger partial charge in [0.05, 0.1) is 18.1 Å². The Balaban J connectivity index is 1.43. The number of ether oxygens (including phenoxy) is 1. The fraction of sp³-hybridized carbons (Fsp3) is 0.619. The van der Waals surface area contributed by atoms with Gasteiger partial charge in [-0.1, -0.05) is 6.07 Å². The van der Waals surface area contributed by atoms with Gasteiger partial charge in [-0.05, 0) is 44.7 Å². The second-order valence-corrected chi connectivity index (χ2v) is 8.65. The zero-order valence-corrected chi connectivity index (χ0v) is 17.8. The third-order valence-electron chi connectivity index (χ3n) is 5.31. The Hall–Kier alpha value is -1.57. The number of nitrogens with one attached hydrogen (secondary N) is 1. The van der Waals surface area contributed by atoms with Crippen molar-refractivity contribution in [1.29, 1.82) is 0 Å². The van der Waals surface area contributed by atoms with Crippen molar-refractivity contribution < 1.29 is 14.3 Å². The number of carbonyl (C=O) groups is 2. The normalized spacial score (nSPS) is 25.9. The van der Waals surface area contributed by atoms with Gasteiger partial charge in [-0.25, -0.2) is 0 Å². The molecule has 2 saturated heterocycles. The molecule has 3 atom stereocenters. The van der Waals surface area contributed by atoms with Gasteiger partial charge < -0.3 is 15.0 Å². The predicted octanol–water partition coefficient (Wildman–Crippen LogP) is 2.38. The summed E-state index contributed by atoms with van der Waals surface area (Å²) in [4.78, 5) is 30.2. The predicted molar refractivity (Wildman–Crippen MR) is 113 cm³/mol. The fourth-order valence-corrected chi connectivity index (χ4v) is 4.49. The van der Waals surface area contributed by atoms with E-state index in [-0.39, 0.29) is 36.4 Å². The van der Waals surface area contributed by atoms with Crippen LogP contribution in [0.2, 0.25) is 0 Å². The Morgan fingerprint density at radius 3 is 2.71 bits per heavy atom. The average molecular weight is 406 g/mol. The van der Waals surface area contributed by atoms with Gasteiger partial charge in [0.1, 0.15) is 0 Å². The molecule has 2 aliphatic rings. The molecular weight excluding hydrogens is 374 g/mol. The number of carbonyl (C=O) groups excluding carboxylic acids is 2. The number of hydrogen-bond donors (Lipinski definition) is 1. The lowest BCUT2D eigenvalue weighted by atomic mass is 10.1. The topological polar surface area (TPSA) is 61.9 Å². The maximum Gasteiger partial charge on any atom is 0.227 e. The van der Waals surface area contributed by atoms with Crippen molar-refractivity contribution in [2.45, 2.75) is 43.8 Å². The molecule has 154 valence electrons. The van der Waals surface area contributed by atoms with Crippen molar-refractivity contribution in [3.05, 3.63) is 24.3 Å². The molecule has 2 aliphatic heterocycles. The lowest BCUT2D eigenvalue weighted by Crippen LogP contribution is -2.46. The van der Waals surface area contributed by atoms with Gasteiger partial charge in [-0.15, -0.1) is 11.8 Å². The van der Waals surface area contributed by atoms with E-state index in [2.05, 4.69) is 24.1 Å². The summed E-state index contributed by atoms with van der Waals surface area (Å²) in [5, 5.41) is 3.02. The van der Waals surface area contributed by atoms with E-state index in [9.17, 15) is 9.59 Å². The van der Waals surface area contributed by atoms with Crippen LogP contribution in [0.25, 0.3) is 0 Å². The summed E-state index contributed by atoms with van der Waals surface area (Å²) in [5.74, 6) is -0.260. The molecule has 0 aromatic heterocycles. The molecule has 6 nitrogen and oxygen atoms in total. The Morgan fingerprint density at radius 2 is 2.00 bits per heavy atom. The van der Waals surface area contributed by atoms with Crippen LogP contribution in [0.15, 0.2) is 29.2 Å². The molecule has 2 amide bonds. The van der Waals surface area contributed by atoms with Gasteiger partial charge in [-0.3, -0.25) is 14.5 Å². The number of benzene rings is 1. The molecule has 0 radical (unpaired) electrons. The maximum atomic E-state index is 12.5. The van der Waals surface area contributed by atoms with E-state index in [4.69, 9.17) is 4.74 Å². The van der Waals surface area contributed by atoms with Gasteiger partial charge >= 0.3 is 0 Å². The number of amides is 2. The highest BCUT2D eigenvalue weighted by Gasteiger charge is 2.35. The molecule has 0 bridgehead atoms. The van der Waals surface area contributed by atoms with Gasteiger partial charge in [0.15, 0.2) is 0 Å². The molecule has 7 heteroatoms. The Bertz CT molecular complexity index is 689. The molecule has 0 unspecified atom stereocenters. The first-order valence-corrected chi connectivity index (χ1v) is 11.3. The standard InChI is InChI=1S/C21H31N3O3S/c1-15-12-23(13-16(2)27-15)9-5-8-22-21(26)17-10-20(25)24(14-17)18-6-4-7-19(11-18)28-3/h4,6-7,11,15-17H,5,8-10,12-14H2,1-3H3,(H,22,26)/t15-,16-,17-/m1/s1. The summed E-state index contributed by atoms with van der Waals surface area (Å²) in [6.07, 6.45) is 3.73. The third-order valence-corrected chi connectivity index (χ3v) is 6.03. The Kier molecular flexibility index (Phi) is 7.37. The zero-order valence-electron chi connectivity index (χ0n) is 17.0. The molecule has 1 aromatic rings. The highest BCUT2D eigenvalue weighted by atomic mass is 32.2. The Labute approximate surface area is 172 Å². The number of anilines is 1. The first-order valence-electron chi connectivity index (χ1n) is 10.1. The van der Waals surface area contributed by atoms with Crippen LogP contribution in [-0.4, -0.2) is 67.9 Å². The van der Waals surface area contributed by atoms with Crippen LogP contribution >= 0.6 is 11.8 Å². The minimum absolute atomic E-state index is 0.0133. The van der Waals surface area contributed by atoms with Crippen LogP contribution in [-0.2, 0) is 14.3 Å². The van der Waals surface area contributed by atoms with Crippen LogP contribution < -0.4 is 10.2 Å². The molecule has 1 N–H and O–H groups in total. The average Bonchev–Trinajstić information content (AvgIpc) is 3.06. The summed E-state index contributed by atoms with van der Waals surface area (Å²) >= 11 is 1.65. The fourth-order valence-electron chi connectivity index (χ4n) is 4.04. The van der Waals surface area contributed by atoms with Gasteiger partial charge in [-0.2, -0.15) is 0 Å². The van der Waals surface area contributed by atoms with Crippen LogP contribution in [0.5, 0.6) is 0 Å². The highest BCUT2D eigenvalue weighted by Crippen LogP contribution is 2.28. The van der Waals surface area contributed by atoms with Crippen LogP contribution in [0, 0.1) is 5.92 Å². The van der Waals surface area contributed by atoms with E-state index < -0.39 is 0 Å². The Morgan fingerprint density at radius 1 is 1.25 bits per heavy atom. The smallest absolute Gasteiger partial charge is 0.227 e. The minimum atomic E-state index is -0.270. The minimum Gasteiger partial charge on any atom is -0.373 e. The van der Waals surface area contributed by atoms with Crippen molar-refractivity contribution in [1.82, 2.24) is 10.2 Å². The second-order valence-electron chi connectivity index (χ2n) is 7.77. The largest absolute Gasteiger partial charge is 0.373 e. The molecule has 1 aromatic carbocycles. The summed E-state index contributed by atoms with van der Waals surface area (Å²) < 4.78 is 5.75. The molecule has 2 fully saturated rings. The SMILES string of the molecule is CSc1cccc(N2C[C@H](C(=O)NCCCN3C[C@@H](C)O[C@H](C)C3)CC2=O)c1. The molecule has 2 heterocycles. The molecule has 0 spiro atoms. The molecule has 3 rings (SSSR count). The summed E-state index contributed by atoms with van der Waals surface area (Å²) in [5.41, 5.74) is 0.878.